The highest BCUT2D eigenvalue weighted by atomic mass is 16.3. The minimum Gasteiger partial charge on any atom is -0.394 e. The average Bonchev–Trinajstić information content (AvgIpc) is 2.39. The van der Waals surface area contributed by atoms with Crippen molar-refractivity contribution in [1.82, 2.24) is 10.6 Å². The van der Waals surface area contributed by atoms with E-state index in [1.165, 1.54) is 6.42 Å². The zero-order valence-corrected chi connectivity index (χ0v) is 12.0. The van der Waals surface area contributed by atoms with Gasteiger partial charge in [-0.15, -0.1) is 0 Å². The van der Waals surface area contributed by atoms with Crippen LogP contribution in [0.1, 0.15) is 52.4 Å². The zero-order valence-electron chi connectivity index (χ0n) is 12.0. The van der Waals surface area contributed by atoms with E-state index in [0.717, 1.165) is 25.7 Å². The fraction of sp³-hybridized carbons (Fsp3) is 0.857. The summed E-state index contributed by atoms with van der Waals surface area (Å²) in [4.78, 5) is 23.4. The molecular formula is C14H26N2O3. The molecule has 1 aliphatic rings. The van der Waals surface area contributed by atoms with Crippen LogP contribution in [0.3, 0.4) is 0 Å². The van der Waals surface area contributed by atoms with Crippen LogP contribution in [0.2, 0.25) is 0 Å². The van der Waals surface area contributed by atoms with Gasteiger partial charge >= 0.3 is 0 Å². The van der Waals surface area contributed by atoms with Crippen LogP contribution in [0.4, 0.5) is 0 Å². The van der Waals surface area contributed by atoms with Gasteiger partial charge in [0.15, 0.2) is 0 Å². The van der Waals surface area contributed by atoms with Gasteiger partial charge in [-0.1, -0.05) is 19.3 Å². The fourth-order valence-electron chi connectivity index (χ4n) is 2.29. The third-order valence-corrected chi connectivity index (χ3v) is 3.50. The van der Waals surface area contributed by atoms with Gasteiger partial charge < -0.3 is 15.7 Å². The number of aliphatic hydroxyl groups is 1. The van der Waals surface area contributed by atoms with E-state index in [1.807, 2.05) is 0 Å². The number of carbonyl (C=O) groups excluding carboxylic acids is 2. The zero-order chi connectivity index (χ0) is 14.3. The molecule has 0 saturated heterocycles. The highest BCUT2D eigenvalue weighted by Gasteiger charge is 2.21. The number of hydrogen-bond acceptors (Lipinski definition) is 3. The molecule has 0 bridgehead atoms. The molecule has 19 heavy (non-hydrogen) atoms. The summed E-state index contributed by atoms with van der Waals surface area (Å²) in [5.41, 5.74) is -0.607. The number of hydrogen-bond donors (Lipinski definition) is 3. The van der Waals surface area contributed by atoms with Gasteiger partial charge in [-0.05, 0) is 26.7 Å². The quantitative estimate of drug-likeness (QED) is 0.672. The summed E-state index contributed by atoms with van der Waals surface area (Å²) in [6.45, 7) is 3.77. The number of nitrogens with one attached hydrogen (secondary N) is 2. The van der Waals surface area contributed by atoms with Crippen molar-refractivity contribution < 1.29 is 14.7 Å². The van der Waals surface area contributed by atoms with Crippen LogP contribution in [0, 0.1) is 5.92 Å². The van der Waals surface area contributed by atoms with Gasteiger partial charge in [-0.25, -0.2) is 0 Å². The van der Waals surface area contributed by atoms with Gasteiger partial charge in [0.25, 0.3) is 0 Å². The largest absolute Gasteiger partial charge is 0.394 e. The Morgan fingerprint density at radius 2 is 1.84 bits per heavy atom. The maximum Gasteiger partial charge on any atom is 0.223 e. The Bertz CT molecular complexity index is 310. The van der Waals surface area contributed by atoms with Gasteiger partial charge in [0.1, 0.15) is 0 Å². The molecule has 0 heterocycles. The van der Waals surface area contributed by atoms with Crippen LogP contribution in [0.5, 0.6) is 0 Å². The van der Waals surface area contributed by atoms with E-state index in [9.17, 15) is 9.59 Å². The van der Waals surface area contributed by atoms with Gasteiger partial charge in [0, 0.05) is 18.9 Å². The lowest BCUT2D eigenvalue weighted by Crippen LogP contribution is -2.47. The van der Waals surface area contributed by atoms with Gasteiger partial charge in [0.05, 0.1) is 12.1 Å². The summed E-state index contributed by atoms with van der Waals surface area (Å²) in [7, 11) is 0. The number of rotatable bonds is 6. The first-order valence-corrected chi connectivity index (χ1v) is 7.14. The van der Waals surface area contributed by atoms with Crippen LogP contribution >= 0.6 is 0 Å². The van der Waals surface area contributed by atoms with Crippen molar-refractivity contribution in [3.63, 3.8) is 0 Å². The van der Waals surface area contributed by atoms with Crippen molar-refractivity contribution in [3.05, 3.63) is 0 Å². The topological polar surface area (TPSA) is 78.4 Å². The second kappa shape index (κ2) is 7.48. The maximum atomic E-state index is 11.8. The molecule has 2 amide bonds. The first-order chi connectivity index (χ1) is 8.94. The molecule has 5 nitrogen and oxygen atoms in total. The van der Waals surface area contributed by atoms with E-state index >= 15 is 0 Å². The predicted octanol–water partition coefficient (Wildman–Crippen LogP) is 0.960. The Morgan fingerprint density at radius 3 is 2.42 bits per heavy atom. The molecule has 1 rings (SSSR count). The molecule has 0 aromatic rings. The Kier molecular flexibility index (Phi) is 6.28. The van der Waals surface area contributed by atoms with E-state index in [-0.39, 0.29) is 30.8 Å². The molecule has 0 aliphatic heterocycles. The monoisotopic (exact) mass is 270 g/mol. The summed E-state index contributed by atoms with van der Waals surface area (Å²) >= 11 is 0. The first-order valence-electron chi connectivity index (χ1n) is 7.14. The van der Waals surface area contributed by atoms with Crippen molar-refractivity contribution >= 4 is 11.8 Å². The molecule has 0 unspecified atom stereocenters. The molecular weight excluding hydrogens is 244 g/mol. The van der Waals surface area contributed by atoms with Crippen LogP contribution in [0.25, 0.3) is 0 Å². The first kappa shape index (κ1) is 16.0. The minimum absolute atomic E-state index is 0.0777. The lowest BCUT2D eigenvalue weighted by molar-refractivity contribution is -0.126. The Hall–Kier alpha value is -1.10. The normalized spacial score (nSPS) is 17.0. The Labute approximate surface area is 115 Å². The van der Waals surface area contributed by atoms with Gasteiger partial charge in [-0.3, -0.25) is 9.59 Å². The third kappa shape index (κ3) is 6.05. The molecule has 1 fully saturated rings. The summed E-state index contributed by atoms with van der Waals surface area (Å²) < 4.78 is 0. The van der Waals surface area contributed by atoms with E-state index in [2.05, 4.69) is 10.6 Å². The van der Waals surface area contributed by atoms with Crippen LogP contribution in [-0.2, 0) is 9.59 Å². The van der Waals surface area contributed by atoms with Crippen LogP contribution in [-0.4, -0.2) is 35.6 Å². The molecule has 1 saturated carbocycles. The predicted molar refractivity (Wildman–Crippen MR) is 73.5 cm³/mol. The summed E-state index contributed by atoms with van der Waals surface area (Å²) in [6.07, 6.45) is 5.67. The Balaban J connectivity index is 2.19. The third-order valence-electron chi connectivity index (χ3n) is 3.50. The molecule has 0 aromatic heterocycles. The van der Waals surface area contributed by atoms with Crippen molar-refractivity contribution in [2.75, 3.05) is 13.2 Å². The number of aliphatic hydroxyl groups excluding tert-OH is 1. The summed E-state index contributed by atoms with van der Waals surface area (Å²) in [5, 5.41) is 14.6. The smallest absolute Gasteiger partial charge is 0.223 e. The Morgan fingerprint density at radius 1 is 1.21 bits per heavy atom. The van der Waals surface area contributed by atoms with Gasteiger partial charge in [-0.2, -0.15) is 0 Å². The van der Waals surface area contributed by atoms with Gasteiger partial charge in [0.2, 0.25) is 11.8 Å². The standard InChI is InChI=1S/C14H26N2O3/c1-14(2,10-17)16-12(18)8-9-15-13(19)11-6-4-3-5-7-11/h11,17H,3-10H2,1-2H3,(H,15,19)(H,16,18). The molecule has 0 atom stereocenters. The number of carbonyl (C=O) groups is 2. The van der Waals surface area contributed by atoms with Crippen molar-refractivity contribution in [3.8, 4) is 0 Å². The van der Waals surface area contributed by atoms with E-state index < -0.39 is 5.54 Å². The molecule has 0 aromatic carbocycles. The summed E-state index contributed by atoms with van der Waals surface area (Å²) in [5.74, 6) is 0.0580. The molecule has 110 valence electrons. The highest BCUT2D eigenvalue weighted by Crippen LogP contribution is 2.23. The van der Waals surface area contributed by atoms with Crippen LogP contribution in [0.15, 0.2) is 0 Å². The molecule has 5 heteroatoms. The lowest BCUT2D eigenvalue weighted by Gasteiger charge is -2.24. The van der Waals surface area contributed by atoms with E-state index in [0.29, 0.717) is 6.54 Å². The highest BCUT2D eigenvalue weighted by molar-refractivity contribution is 5.80. The molecule has 0 spiro atoms. The SMILES string of the molecule is CC(C)(CO)NC(=O)CCNC(=O)C1CCCCC1. The molecule has 3 N–H and O–H groups in total. The summed E-state index contributed by atoms with van der Waals surface area (Å²) in [6, 6.07) is 0. The number of amides is 2. The average molecular weight is 270 g/mol. The van der Waals surface area contributed by atoms with Crippen molar-refractivity contribution in [2.24, 2.45) is 5.92 Å². The lowest BCUT2D eigenvalue weighted by atomic mass is 9.89. The van der Waals surface area contributed by atoms with Crippen molar-refractivity contribution in [1.29, 1.82) is 0 Å². The van der Waals surface area contributed by atoms with E-state index in [1.54, 1.807) is 13.8 Å². The maximum absolute atomic E-state index is 11.8. The second-order valence-electron chi connectivity index (χ2n) is 5.97. The van der Waals surface area contributed by atoms with E-state index in [4.69, 9.17) is 5.11 Å². The fourth-order valence-corrected chi connectivity index (χ4v) is 2.29. The van der Waals surface area contributed by atoms with Crippen molar-refractivity contribution in [2.45, 2.75) is 57.9 Å². The minimum atomic E-state index is -0.607. The molecule has 0 radical (unpaired) electrons. The second-order valence-corrected chi connectivity index (χ2v) is 5.97. The molecule has 1 aliphatic carbocycles. The van der Waals surface area contributed by atoms with Crippen LogP contribution < -0.4 is 10.6 Å².